The Kier molecular flexibility index (Phi) is 11.8. The summed E-state index contributed by atoms with van der Waals surface area (Å²) in [5.74, 6) is -5.21. The van der Waals surface area contributed by atoms with Crippen LogP contribution in [0.25, 0.3) is 0 Å². The second-order valence-electron chi connectivity index (χ2n) is 9.40. The number of aromatic hydroxyl groups is 1. The molecule has 0 aliphatic carbocycles. The summed E-state index contributed by atoms with van der Waals surface area (Å²) in [6, 6.07) is 1.04. The highest BCUT2D eigenvalue weighted by Crippen LogP contribution is 2.13. The number of carbonyl (C=O) groups excluding carboxylic acids is 3. The molecule has 12 nitrogen and oxygen atoms in total. The number of rotatable bonds is 14. The molecule has 0 bridgehead atoms. The minimum absolute atomic E-state index is 0.0186. The Labute approximate surface area is 209 Å². The number of benzene rings is 1. The maximum absolute atomic E-state index is 13.0. The molecule has 3 amide bonds. The molecule has 1 rings (SSSR count). The van der Waals surface area contributed by atoms with Gasteiger partial charge in [0.25, 0.3) is 0 Å². The van der Waals surface area contributed by atoms with Crippen molar-refractivity contribution in [2.24, 2.45) is 17.6 Å². The molecule has 0 heterocycles. The zero-order chi connectivity index (χ0) is 27.6. The fraction of sp³-hybridized carbons (Fsp3) is 0.542. The Morgan fingerprint density at radius 3 is 1.86 bits per heavy atom. The minimum atomic E-state index is -1.36. The van der Waals surface area contributed by atoms with Gasteiger partial charge < -0.3 is 37.0 Å². The van der Waals surface area contributed by atoms with Crippen molar-refractivity contribution in [1.29, 1.82) is 0 Å². The maximum Gasteiger partial charge on any atom is 0.326 e. The molecule has 200 valence electrons. The van der Waals surface area contributed by atoms with E-state index in [-0.39, 0.29) is 24.5 Å². The quantitative estimate of drug-likeness (QED) is 0.180. The molecule has 12 heteroatoms. The van der Waals surface area contributed by atoms with Crippen molar-refractivity contribution in [2.75, 3.05) is 0 Å². The van der Waals surface area contributed by atoms with Crippen molar-refractivity contribution in [1.82, 2.24) is 16.0 Å². The SMILES string of the molecule is CC(C)CC(NC(=O)C(NC(=O)C(N)CC(=O)O)C(C)C)C(=O)NC(Cc1ccc(O)cc1)C(=O)O. The van der Waals surface area contributed by atoms with E-state index >= 15 is 0 Å². The van der Waals surface area contributed by atoms with Gasteiger partial charge in [-0.05, 0) is 36.0 Å². The number of carboxylic acid groups (broad SMARTS) is 2. The average molecular weight is 509 g/mol. The third-order valence-electron chi connectivity index (χ3n) is 5.31. The van der Waals surface area contributed by atoms with Gasteiger partial charge in [0.15, 0.2) is 0 Å². The summed E-state index contributed by atoms with van der Waals surface area (Å²) < 4.78 is 0. The third-order valence-corrected chi connectivity index (χ3v) is 5.31. The van der Waals surface area contributed by atoms with E-state index in [9.17, 15) is 34.2 Å². The van der Waals surface area contributed by atoms with Crippen LogP contribution in [0.2, 0.25) is 0 Å². The van der Waals surface area contributed by atoms with Crippen LogP contribution < -0.4 is 21.7 Å². The molecule has 0 saturated carbocycles. The van der Waals surface area contributed by atoms with Crippen LogP contribution in [0.5, 0.6) is 5.75 Å². The lowest BCUT2D eigenvalue weighted by Gasteiger charge is -2.27. The Balaban J connectivity index is 2.99. The van der Waals surface area contributed by atoms with Crippen molar-refractivity contribution in [2.45, 2.75) is 71.1 Å². The number of nitrogens with two attached hydrogens (primary N) is 1. The van der Waals surface area contributed by atoms with Crippen LogP contribution in [0.15, 0.2) is 24.3 Å². The standard InChI is InChI=1S/C24H36N4O8/c1-12(2)9-17(22(33)27-18(24(35)36)10-14-5-7-15(29)8-6-14)26-23(34)20(13(3)4)28-21(32)16(25)11-19(30)31/h5-8,12-13,16-18,20,29H,9-11,25H2,1-4H3,(H,26,34)(H,27,33)(H,28,32)(H,30,31)(H,35,36). The monoisotopic (exact) mass is 508 g/mol. The van der Waals surface area contributed by atoms with Crippen molar-refractivity contribution in [3.63, 3.8) is 0 Å². The molecule has 0 radical (unpaired) electrons. The molecule has 4 unspecified atom stereocenters. The minimum Gasteiger partial charge on any atom is -0.508 e. The van der Waals surface area contributed by atoms with Crippen LogP contribution >= 0.6 is 0 Å². The molecule has 36 heavy (non-hydrogen) atoms. The molecular weight excluding hydrogens is 472 g/mol. The fourth-order valence-corrected chi connectivity index (χ4v) is 3.38. The normalized spacial score (nSPS) is 14.4. The lowest BCUT2D eigenvalue weighted by molar-refractivity contribution is -0.142. The third kappa shape index (κ3) is 10.3. The predicted molar refractivity (Wildman–Crippen MR) is 130 cm³/mol. The molecule has 8 N–H and O–H groups in total. The van der Waals surface area contributed by atoms with Crippen molar-refractivity contribution in [3.8, 4) is 5.75 Å². The van der Waals surface area contributed by atoms with E-state index in [4.69, 9.17) is 10.8 Å². The second kappa shape index (κ2) is 14.0. The molecule has 0 aliphatic heterocycles. The van der Waals surface area contributed by atoms with Crippen LogP contribution in [-0.4, -0.2) is 69.1 Å². The molecule has 0 fully saturated rings. The van der Waals surface area contributed by atoms with Gasteiger partial charge in [0, 0.05) is 6.42 Å². The van der Waals surface area contributed by atoms with Gasteiger partial charge in [-0.15, -0.1) is 0 Å². The lowest BCUT2D eigenvalue weighted by atomic mass is 9.99. The summed E-state index contributed by atoms with van der Waals surface area (Å²) in [4.78, 5) is 60.9. The summed E-state index contributed by atoms with van der Waals surface area (Å²) in [5, 5.41) is 35.3. The topological polar surface area (TPSA) is 208 Å². The van der Waals surface area contributed by atoms with E-state index in [0.717, 1.165) is 0 Å². The van der Waals surface area contributed by atoms with Gasteiger partial charge in [-0.2, -0.15) is 0 Å². The zero-order valence-corrected chi connectivity index (χ0v) is 20.9. The molecular formula is C24H36N4O8. The second-order valence-corrected chi connectivity index (χ2v) is 9.40. The van der Waals surface area contributed by atoms with E-state index in [1.54, 1.807) is 13.8 Å². The smallest absolute Gasteiger partial charge is 0.326 e. The first kappa shape index (κ1) is 30.4. The van der Waals surface area contributed by atoms with Crippen LogP contribution in [0.4, 0.5) is 0 Å². The first-order valence-electron chi connectivity index (χ1n) is 11.6. The number of hydrogen-bond donors (Lipinski definition) is 7. The van der Waals surface area contributed by atoms with Crippen LogP contribution in [0.3, 0.4) is 0 Å². The molecule has 4 atom stereocenters. The summed E-state index contributed by atoms with van der Waals surface area (Å²) in [6.07, 6.45) is -0.468. The number of carboxylic acids is 2. The van der Waals surface area contributed by atoms with Crippen LogP contribution in [-0.2, 0) is 30.4 Å². The summed E-state index contributed by atoms with van der Waals surface area (Å²) in [6.45, 7) is 6.96. The van der Waals surface area contributed by atoms with Gasteiger partial charge in [0.1, 0.15) is 23.9 Å². The Bertz CT molecular complexity index is 933. The van der Waals surface area contributed by atoms with E-state index < -0.39 is 66.2 Å². The highest BCUT2D eigenvalue weighted by Gasteiger charge is 2.32. The summed E-state index contributed by atoms with van der Waals surface area (Å²) in [7, 11) is 0. The number of amides is 3. The van der Waals surface area contributed by atoms with Crippen molar-refractivity contribution >= 4 is 29.7 Å². The lowest BCUT2D eigenvalue weighted by Crippen LogP contribution is -2.58. The number of hydrogen-bond acceptors (Lipinski definition) is 7. The van der Waals surface area contributed by atoms with Gasteiger partial charge in [0.05, 0.1) is 12.5 Å². The van der Waals surface area contributed by atoms with E-state index in [1.807, 2.05) is 13.8 Å². The van der Waals surface area contributed by atoms with Crippen molar-refractivity contribution < 1.29 is 39.3 Å². The summed E-state index contributed by atoms with van der Waals surface area (Å²) >= 11 is 0. The number of carbonyl (C=O) groups is 5. The van der Waals surface area contributed by atoms with Gasteiger partial charge in [0.2, 0.25) is 17.7 Å². The predicted octanol–water partition coefficient (Wildman–Crippen LogP) is -0.0222. The van der Waals surface area contributed by atoms with Crippen molar-refractivity contribution in [3.05, 3.63) is 29.8 Å². The molecule has 0 spiro atoms. The van der Waals surface area contributed by atoms with Crippen LogP contribution in [0, 0.1) is 11.8 Å². The van der Waals surface area contributed by atoms with E-state index in [1.165, 1.54) is 24.3 Å². The molecule has 0 aromatic heterocycles. The number of aliphatic carboxylic acids is 2. The number of phenols is 1. The van der Waals surface area contributed by atoms with E-state index in [0.29, 0.717) is 5.56 Å². The molecule has 1 aromatic rings. The van der Waals surface area contributed by atoms with E-state index in [2.05, 4.69) is 16.0 Å². The highest BCUT2D eigenvalue weighted by atomic mass is 16.4. The van der Waals surface area contributed by atoms with Gasteiger partial charge in [-0.3, -0.25) is 19.2 Å². The van der Waals surface area contributed by atoms with Gasteiger partial charge in [-0.25, -0.2) is 4.79 Å². The molecule has 0 aliphatic rings. The Morgan fingerprint density at radius 1 is 0.833 bits per heavy atom. The van der Waals surface area contributed by atoms with Gasteiger partial charge in [-0.1, -0.05) is 39.8 Å². The Hall–Kier alpha value is -3.67. The Morgan fingerprint density at radius 2 is 1.39 bits per heavy atom. The van der Waals surface area contributed by atoms with Gasteiger partial charge >= 0.3 is 11.9 Å². The van der Waals surface area contributed by atoms with Crippen LogP contribution in [0.1, 0.15) is 46.1 Å². The summed E-state index contributed by atoms with van der Waals surface area (Å²) in [5.41, 5.74) is 6.15. The number of nitrogens with one attached hydrogen (secondary N) is 3. The zero-order valence-electron chi connectivity index (χ0n) is 20.9. The average Bonchev–Trinajstić information content (AvgIpc) is 2.76. The maximum atomic E-state index is 13.0. The first-order valence-corrected chi connectivity index (χ1v) is 11.6. The largest absolute Gasteiger partial charge is 0.508 e. The fourth-order valence-electron chi connectivity index (χ4n) is 3.38. The molecule has 1 aromatic carbocycles. The number of phenolic OH excluding ortho intramolecular Hbond substituents is 1. The molecule has 0 saturated heterocycles. The highest BCUT2D eigenvalue weighted by molar-refractivity contribution is 5.94. The first-order chi connectivity index (χ1) is 16.7.